The van der Waals surface area contributed by atoms with Gasteiger partial charge in [0, 0.05) is 23.5 Å². The van der Waals surface area contributed by atoms with Gasteiger partial charge >= 0.3 is 0 Å². The molecule has 1 rings (SSSR count). The van der Waals surface area contributed by atoms with Crippen LogP contribution in [0.1, 0.15) is 0 Å². The molecule has 0 saturated carbocycles. The molecule has 1 heterocycles. The third kappa shape index (κ3) is 1.73. The van der Waals surface area contributed by atoms with Gasteiger partial charge in [-0.1, -0.05) is 21.6 Å². The van der Waals surface area contributed by atoms with Crippen LogP contribution in [0.2, 0.25) is 0 Å². The quantitative estimate of drug-likeness (QED) is 0.496. The number of hydrogen-bond donors (Lipinski definition) is 2. The summed E-state index contributed by atoms with van der Waals surface area (Å²) in [4.78, 5) is 0. The van der Waals surface area contributed by atoms with Crippen LogP contribution in [0.4, 0.5) is 0 Å². The van der Waals surface area contributed by atoms with E-state index in [1.165, 1.54) is 11.5 Å². The minimum Gasteiger partial charge on any atom is -0.330 e. The lowest BCUT2D eigenvalue weighted by Crippen LogP contribution is -2.34. The van der Waals surface area contributed by atoms with E-state index >= 15 is 0 Å². The molecule has 0 unspecified atom stereocenters. The molecule has 0 bridgehead atoms. The highest BCUT2D eigenvalue weighted by molar-refractivity contribution is 8.77. The molecule has 9 heavy (non-hydrogen) atoms. The molecule has 0 radical (unpaired) electrons. The van der Waals surface area contributed by atoms with Crippen LogP contribution in [0.3, 0.4) is 0 Å². The second kappa shape index (κ2) is 3.42. The third-order valence-corrected chi connectivity index (χ3v) is 5.09. The average molecular weight is 181 g/mol. The molecule has 0 spiro atoms. The van der Waals surface area contributed by atoms with E-state index in [4.69, 9.17) is 5.73 Å². The van der Waals surface area contributed by atoms with E-state index in [-0.39, 0.29) is 0 Å². The zero-order chi connectivity index (χ0) is 6.74. The topological polar surface area (TPSA) is 26.0 Å². The lowest BCUT2D eigenvalue weighted by molar-refractivity contribution is 0.467. The lowest BCUT2D eigenvalue weighted by Gasteiger charge is -2.21. The molecular formula is C5H11NS3. The van der Waals surface area contributed by atoms with Crippen molar-refractivity contribution in [3.63, 3.8) is 0 Å². The van der Waals surface area contributed by atoms with E-state index in [2.05, 4.69) is 12.6 Å². The van der Waals surface area contributed by atoms with Crippen LogP contribution >= 0.6 is 34.2 Å². The molecule has 1 saturated heterocycles. The van der Waals surface area contributed by atoms with Gasteiger partial charge in [-0.25, -0.2) is 0 Å². The number of nitrogens with two attached hydrogens (primary N) is 1. The van der Waals surface area contributed by atoms with Gasteiger partial charge in [-0.15, -0.1) is 0 Å². The number of hydrogen-bond acceptors (Lipinski definition) is 4. The van der Waals surface area contributed by atoms with Crippen molar-refractivity contribution in [1.82, 2.24) is 0 Å². The summed E-state index contributed by atoms with van der Waals surface area (Å²) in [7, 11) is 3.84. The van der Waals surface area contributed by atoms with Gasteiger partial charge in [-0.05, 0) is 5.75 Å². The minimum atomic E-state index is 0.346. The maximum atomic E-state index is 5.60. The Hall–Kier alpha value is 1.01. The summed E-state index contributed by atoms with van der Waals surface area (Å²) >= 11 is 4.27. The molecule has 1 aliphatic heterocycles. The minimum absolute atomic E-state index is 0.346. The first-order valence-electron chi connectivity index (χ1n) is 2.88. The van der Waals surface area contributed by atoms with Crippen molar-refractivity contribution >= 4 is 34.2 Å². The molecule has 0 aromatic rings. The van der Waals surface area contributed by atoms with Crippen molar-refractivity contribution < 1.29 is 0 Å². The van der Waals surface area contributed by atoms with Crippen LogP contribution in [0.25, 0.3) is 0 Å². The maximum Gasteiger partial charge on any atom is 0.0122 e. The summed E-state index contributed by atoms with van der Waals surface area (Å²) in [5.41, 5.74) is 5.95. The van der Waals surface area contributed by atoms with Gasteiger partial charge in [-0.3, -0.25) is 0 Å². The molecule has 0 aromatic carbocycles. The average Bonchev–Trinajstić information content (AvgIpc) is 2.36. The fourth-order valence-electron chi connectivity index (χ4n) is 0.649. The van der Waals surface area contributed by atoms with Crippen LogP contribution in [0.5, 0.6) is 0 Å². The Morgan fingerprint density at radius 1 is 1.44 bits per heavy atom. The highest BCUT2D eigenvalue weighted by Gasteiger charge is 2.32. The highest BCUT2D eigenvalue weighted by atomic mass is 33.1. The summed E-state index contributed by atoms with van der Waals surface area (Å²) in [5.74, 6) is 3.29. The Balaban J connectivity index is 2.45. The number of thiol groups is 1. The normalized spacial score (nSPS) is 24.7. The maximum absolute atomic E-state index is 5.60. The monoisotopic (exact) mass is 181 g/mol. The first kappa shape index (κ1) is 8.11. The standard InChI is InChI=1S/C5H11NS3/c6-1-5(2-7)3-8-9-4-5/h7H,1-4,6H2. The molecule has 2 N–H and O–H groups in total. The molecule has 1 aliphatic rings. The molecule has 1 fully saturated rings. The molecule has 0 aliphatic carbocycles. The van der Waals surface area contributed by atoms with Gasteiger partial charge in [0.15, 0.2) is 0 Å². The lowest BCUT2D eigenvalue weighted by atomic mass is 9.96. The van der Waals surface area contributed by atoms with Gasteiger partial charge in [0.1, 0.15) is 0 Å². The molecule has 0 aromatic heterocycles. The van der Waals surface area contributed by atoms with Gasteiger partial charge in [0.25, 0.3) is 0 Å². The predicted molar refractivity (Wildman–Crippen MR) is 50.3 cm³/mol. The van der Waals surface area contributed by atoms with E-state index in [1.54, 1.807) is 0 Å². The smallest absolute Gasteiger partial charge is 0.0122 e. The van der Waals surface area contributed by atoms with Crippen LogP contribution in [-0.4, -0.2) is 23.8 Å². The molecule has 0 amide bonds. The van der Waals surface area contributed by atoms with Crippen LogP contribution in [0.15, 0.2) is 0 Å². The van der Waals surface area contributed by atoms with Crippen molar-refractivity contribution in [1.29, 1.82) is 0 Å². The van der Waals surface area contributed by atoms with E-state index in [0.29, 0.717) is 5.41 Å². The molecule has 4 heteroatoms. The van der Waals surface area contributed by atoms with Gasteiger partial charge in [0.05, 0.1) is 0 Å². The fraction of sp³-hybridized carbons (Fsp3) is 1.00. The largest absolute Gasteiger partial charge is 0.330 e. The first-order chi connectivity index (χ1) is 4.33. The van der Waals surface area contributed by atoms with Gasteiger partial charge < -0.3 is 5.73 Å². The summed E-state index contributed by atoms with van der Waals surface area (Å²) in [5, 5.41) is 0. The van der Waals surface area contributed by atoms with Crippen LogP contribution in [0, 0.1) is 5.41 Å². The zero-order valence-electron chi connectivity index (χ0n) is 5.17. The first-order valence-corrected chi connectivity index (χ1v) is 6.00. The van der Waals surface area contributed by atoms with Crippen molar-refractivity contribution in [2.45, 2.75) is 0 Å². The molecular weight excluding hydrogens is 170 g/mol. The summed E-state index contributed by atoms with van der Waals surface area (Å²) in [6, 6.07) is 0. The Morgan fingerprint density at radius 3 is 2.22 bits per heavy atom. The Kier molecular flexibility index (Phi) is 3.08. The SMILES string of the molecule is NCC1(CS)CSSC1. The summed E-state index contributed by atoms with van der Waals surface area (Å²) in [6.07, 6.45) is 0. The van der Waals surface area contributed by atoms with E-state index in [0.717, 1.165) is 12.3 Å². The summed E-state index contributed by atoms with van der Waals surface area (Å²) < 4.78 is 0. The zero-order valence-corrected chi connectivity index (χ0v) is 7.70. The van der Waals surface area contributed by atoms with Crippen molar-refractivity contribution in [2.75, 3.05) is 23.8 Å². The van der Waals surface area contributed by atoms with Crippen molar-refractivity contribution in [3.8, 4) is 0 Å². The summed E-state index contributed by atoms with van der Waals surface area (Å²) in [6.45, 7) is 0.788. The molecule has 1 nitrogen and oxygen atoms in total. The second-order valence-corrected chi connectivity index (χ2v) is 5.17. The molecule has 54 valence electrons. The highest BCUT2D eigenvalue weighted by Crippen LogP contribution is 2.42. The van der Waals surface area contributed by atoms with Gasteiger partial charge in [-0.2, -0.15) is 12.6 Å². The predicted octanol–water partition coefficient (Wildman–Crippen LogP) is 1.26. The van der Waals surface area contributed by atoms with Crippen LogP contribution < -0.4 is 5.73 Å². The fourth-order valence-corrected chi connectivity index (χ4v) is 4.74. The Bertz CT molecular complexity index is 84.2. The number of rotatable bonds is 2. The van der Waals surface area contributed by atoms with E-state index in [9.17, 15) is 0 Å². The Morgan fingerprint density at radius 2 is 2.00 bits per heavy atom. The molecule has 0 atom stereocenters. The van der Waals surface area contributed by atoms with E-state index in [1.807, 2.05) is 21.6 Å². The Labute approximate surface area is 69.3 Å². The second-order valence-electron chi connectivity index (χ2n) is 2.39. The van der Waals surface area contributed by atoms with Crippen molar-refractivity contribution in [2.24, 2.45) is 11.1 Å². The van der Waals surface area contributed by atoms with Crippen molar-refractivity contribution in [3.05, 3.63) is 0 Å². The van der Waals surface area contributed by atoms with E-state index < -0.39 is 0 Å². The third-order valence-electron chi connectivity index (χ3n) is 1.58. The van der Waals surface area contributed by atoms with Gasteiger partial charge in [0.2, 0.25) is 0 Å². The van der Waals surface area contributed by atoms with Crippen LogP contribution in [-0.2, 0) is 0 Å².